The average Bonchev–Trinajstić information content (AvgIpc) is 2.44. The summed E-state index contributed by atoms with van der Waals surface area (Å²) in [5.41, 5.74) is 8.34. The number of thiocarbonyl (C=S) groups is 1. The Hall–Kier alpha value is -1.49. The van der Waals surface area contributed by atoms with Gasteiger partial charge in [0.25, 0.3) is 0 Å². The SMILES string of the molecule is CN(Cc1cccc(C(N)=S)c1)Cc1cccc(F)c1Cl. The molecule has 110 valence electrons. The van der Waals surface area contributed by atoms with Crippen LogP contribution in [0.5, 0.6) is 0 Å². The van der Waals surface area contributed by atoms with Gasteiger partial charge in [0.2, 0.25) is 0 Å². The summed E-state index contributed by atoms with van der Waals surface area (Å²) in [6, 6.07) is 12.6. The lowest BCUT2D eigenvalue weighted by atomic mass is 10.1. The first-order valence-corrected chi connectivity index (χ1v) is 7.26. The zero-order chi connectivity index (χ0) is 15.4. The van der Waals surface area contributed by atoms with Crippen molar-refractivity contribution in [1.82, 2.24) is 4.90 Å². The Morgan fingerprint density at radius 2 is 1.95 bits per heavy atom. The maximum atomic E-state index is 13.4. The van der Waals surface area contributed by atoms with Gasteiger partial charge in [-0.15, -0.1) is 0 Å². The Kier molecular flexibility index (Phi) is 5.28. The third-order valence-corrected chi connectivity index (χ3v) is 3.79. The van der Waals surface area contributed by atoms with Crippen molar-refractivity contribution in [3.05, 3.63) is 70.0 Å². The van der Waals surface area contributed by atoms with Crippen molar-refractivity contribution in [2.45, 2.75) is 13.1 Å². The molecule has 2 nitrogen and oxygen atoms in total. The minimum Gasteiger partial charge on any atom is -0.389 e. The lowest BCUT2D eigenvalue weighted by Gasteiger charge is -2.18. The number of nitrogens with zero attached hydrogens (tertiary/aromatic N) is 1. The van der Waals surface area contributed by atoms with Crippen LogP contribution in [0.2, 0.25) is 5.02 Å². The molecule has 0 aliphatic carbocycles. The fourth-order valence-corrected chi connectivity index (χ4v) is 2.46. The van der Waals surface area contributed by atoms with Gasteiger partial charge in [-0.05, 0) is 30.3 Å². The van der Waals surface area contributed by atoms with Gasteiger partial charge in [0.15, 0.2) is 0 Å². The number of halogens is 2. The van der Waals surface area contributed by atoms with E-state index in [-0.39, 0.29) is 5.02 Å². The first kappa shape index (κ1) is 15.9. The molecule has 0 saturated carbocycles. The van der Waals surface area contributed by atoms with Crippen LogP contribution in [-0.4, -0.2) is 16.9 Å². The van der Waals surface area contributed by atoms with E-state index in [0.717, 1.165) is 16.7 Å². The second-order valence-electron chi connectivity index (χ2n) is 4.95. The van der Waals surface area contributed by atoms with E-state index in [9.17, 15) is 4.39 Å². The molecule has 2 N–H and O–H groups in total. The highest BCUT2D eigenvalue weighted by Crippen LogP contribution is 2.21. The maximum Gasteiger partial charge on any atom is 0.142 e. The predicted molar refractivity (Wildman–Crippen MR) is 88.9 cm³/mol. The Balaban J connectivity index is 2.08. The fraction of sp³-hybridized carbons (Fsp3) is 0.188. The van der Waals surface area contributed by atoms with Crippen molar-refractivity contribution >= 4 is 28.8 Å². The molecule has 2 aromatic rings. The fourth-order valence-electron chi connectivity index (χ4n) is 2.15. The molecular weight excluding hydrogens is 307 g/mol. The van der Waals surface area contributed by atoms with Crippen molar-refractivity contribution in [2.75, 3.05) is 7.05 Å². The van der Waals surface area contributed by atoms with E-state index in [1.807, 2.05) is 37.4 Å². The summed E-state index contributed by atoms with van der Waals surface area (Å²) in [6.07, 6.45) is 0. The summed E-state index contributed by atoms with van der Waals surface area (Å²) < 4.78 is 13.4. The standard InChI is InChI=1S/C16H16ClFN2S/c1-20(10-13-6-3-7-14(18)15(13)17)9-11-4-2-5-12(8-11)16(19)21/h2-8H,9-10H2,1H3,(H2,19,21). The van der Waals surface area contributed by atoms with Gasteiger partial charge in [0.05, 0.1) is 5.02 Å². The largest absolute Gasteiger partial charge is 0.389 e. The second-order valence-corrected chi connectivity index (χ2v) is 5.77. The van der Waals surface area contributed by atoms with Crippen molar-refractivity contribution in [1.29, 1.82) is 0 Å². The van der Waals surface area contributed by atoms with E-state index in [4.69, 9.17) is 29.6 Å². The zero-order valence-electron chi connectivity index (χ0n) is 11.6. The van der Waals surface area contributed by atoms with E-state index in [1.54, 1.807) is 6.07 Å². The summed E-state index contributed by atoms with van der Waals surface area (Å²) in [5.74, 6) is -0.391. The molecule has 5 heteroatoms. The molecule has 0 amide bonds. The van der Waals surface area contributed by atoms with E-state index in [0.29, 0.717) is 18.1 Å². The molecule has 21 heavy (non-hydrogen) atoms. The molecule has 0 heterocycles. The maximum absolute atomic E-state index is 13.4. The van der Waals surface area contributed by atoms with Crippen LogP contribution in [0.1, 0.15) is 16.7 Å². The Morgan fingerprint density at radius 1 is 1.24 bits per heavy atom. The molecule has 0 bridgehead atoms. The van der Waals surface area contributed by atoms with Crippen LogP contribution in [0.3, 0.4) is 0 Å². The van der Waals surface area contributed by atoms with Crippen LogP contribution < -0.4 is 5.73 Å². The van der Waals surface area contributed by atoms with Crippen LogP contribution in [0.4, 0.5) is 4.39 Å². The molecule has 0 radical (unpaired) electrons. The molecule has 0 aliphatic heterocycles. The minimum absolute atomic E-state index is 0.182. The predicted octanol–water partition coefficient (Wildman–Crippen LogP) is 3.75. The molecule has 0 saturated heterocycles. The van der Waals surface area contributed by atoms with Gasteiger partial charge >= 0.3 is 0 Å². The zero-order valence-corrected chi connectivity index (χ0v) is 13.2. The first-order chi connectivity index (χ1) is 9.97. The quantitative estimate of drug-likeness (QED) is 0.850. The van der Waals surface area contributed by atoms with Crippen LogP contribution in [0.25, 0.3) is 0 Å². The molecule has 0 atom stereocenters. The third-order valence-electron chi connectivity index (χ3n) is 3.14. The van der Waals surface area contributed by atoms with E-state index in [1.165, 1.54) is 6.07 Å². The number of benzene rings is 2. The summed E-state index contributed by atoms with van der Waals surface area (Å²) in [6.45, 7) is 1.26. The summed E-state index contributed by atoms with van der Waals surface area (Å²) >= 11 is 10.9. The van der Waals surface area contributed by atoms with Crippen LogP contribution in [0, 0.1) is 5.82 Å². The van der Waals surface area contributed by atoms with Gasteiger partial charge in [0.1, 0.15) is 10.8 Å². The lowest BCUT2D eigenvalue weighted by Crippen LogP contribution is -2.18. The minimum atomic E-state index is -0.391. The highest BCUT2D eigenvalue weighted by molar-refractivity contribution is 7.80. The average molecular weight is 323 g/mol. The second kappa shape index (κ2) is 6.98. The van der Waals surface area contributed by atoms with Gasteiger partial charge in [-0.2, -0.15) is 0 Å². The first-order valence-electron chi connectivity index (χ1n) is 6.47. The van der Waals surface area contributed by atoms with Gasteiger partial charge in [-0.1, -0.05) is 54.2 Å². The molecule has 0 fully saturated rings. The highest BCUT2D eigenvalue weighted by atomic mass is 35.5. The van der Waals surface area contributed by atoms with E-state index in [2.05, 4.69) is 4.90 Å². The van der Waals surface area contributed by atoms with Crippen molar-refractivity contribution in [3.63, 3.8) is 0 Å². The Labute approximate surface area is 134 Å². The molecule has 2 aromatic carbocycles. The van der Waals surface area contributed by atoms with Crippen LogP contribution in [-0.2, 0) is 13.1 Å². The van der Waals surface area contributed by atoms with E-state index >= 15 is 0 Å². The van der Waals surface area contributed by atoms with Gasteiger partial charge in [-0.3, -0.25) is 4.90 Å². The van der Waals surface area contributed by atoms with Crippen molar-refractivity contribution in [2.24, 2.45) is 5.73 Å². The number of nitrogens with two attached hydrogens (primary N) is 1. The number of rotatable bonds is 5. The summed E-state index contributed by atoms with van der Waals surface area (Å²) in [7, 11) is 1.95. The smallest absolute Gasteiger partial charge is 0.142 e. The Bertz CT molecular complexity index is 660. The highest BCUT2D eigenvalue weighted by Gasteiger charge is 2.09. The number of hydrogen-bond donors (Lipinski definition) is 1. The molecule has 0 aromatic heterocycles. The topological polar surface area (TPSA) is 29.3 Å². The normalized spacial score (nSPS) is 10.9. The molecule has 0 aliphatic rings. The van der Waals surface area contributed by atoms with Crippen molar-refractivity contribution < 1.29 is 4.39 Å². The summed E-state index contributed by atoms with van der Waals surface area (Å²) in [5, 5.41) is 0.182. The van der Waals surface area contributed by atoms with Gasteiger partial charge < -0.3 is 5.73 Å². The van der Waals surface area contributed by atoms with Gasteiger partial charge in [-0.25, -0.2) is 4.39 Å². The van der Waals surface area contributed by atoms with Gasteiger partial charge in [0, 0.05) is 18.7 Å². The Morgan fingerprint density at radius 3 is 2.67 bits per heavy atom. The molecule has 0 spiro atoms. The molecule has 0 unspecified atom stereocenters. The molecular formula is C16H16ClFN2S. The van der Waals surface area contributed by atoms with Crippen LogP contribution in [0.15, 0.2) is 42.5 Å². The molecule has 2 rings (SSSR count). The van der Waals surface area contributed by atoms with E-state index < -0.39 is 5.82 Å². The summed E-state index contributed by atoms with van der Waals surface area (Å²) in [4.78, 5) is 2.44. The van der Waals surface area contributed by atoms with Crippen LogP contribution >= 0.6 is 23.8 Å². The lowest BCUT2D eigenvalue weighted by molar-refractivity contribution is 0.318. The third kappa shape index (κ3) is 4.24. The van der Waals surface area contributed by atoms with Crippen molar-refractivity contribution in [3.8, 4) is 0 Å². The number of hydrogen-bond acceptors (Lipinski definition) is 2. The monoisotopic (exact) mass is 322 g/mol.